The predicted molar refractivity (Wildman–Crippen MR) is 88.6 cm³/mol. The summed E-state index contributed by atoms with van der Waals surface area (Å²) in [7, 11) is 0. The highest BCUT2D eigenvalue weighted by Gasteiger charge is 2.50. The minimum atomic E-state index is -0.470. The van der Waals surface area contributed by atoms with E-state index in [0.717, 1.165) is 24.2 Å². The van der Waals surface area contributed by atoms with E-state index in [1.54, 1.807) is 0 Å². The standard InChI is InChI=1S/C19H23NO4/c21-18(16-1-3-17(4-2-16)20(22)23)24-6-5-19-10-13-7-14(11-19)9-15(8-13)12-19/h1-4,13-15H,5-12H2. The van der Waals surface area contributed by atoms with E-state index >= 15 is 0 Å². The first-order valence-electron chi connectivity index (χ1n) is 8.95. The van der Waals surface area contributed by atoms with Crippen LogP contribution in [-0.2, 0) is 4.74 Å². The number of nitro groups is 1. The molecule has 4 fully saturated rings. The molecule has 4 aliphatic carbocycles. The zero-order valence-corrected chi connectivity index (χ0v) is 13.8. The monoisotopic (exact) mass is 329 g/mol. The molecule has 0 spiro atoms. The Bertz CT molecular complexity index is 617. The molecular weight excluding hydrogens is 306 g/mol. The number of non-ortho nitro benzene ring substituents is 1. The van der Waals surface area contributed by atoms with Crippen LogP contribution in [0.25, 0.3) is 0 Å². The smallest absolute Gasteiger partial charge is 0.338 e. The molecule has 0 saturated heterocycles. The first-order valence-corrected chi connectivity index (χ1v) is 8.95. The molecule has 24 heavy (non-hydrogen) atoms. The molecule has 5 rings (SSSR count). The van der Waals surface area contributed by atoms with Gasteiger partial charge in [0.15, 0.2) is 0 Å². The lowest BCUT2D eigenvalue weighted by Gasteiger charge is -2.57. The number of ether oxygens (including phenoxy) is 1. The van der Waals surface area contributed by atoms with E-state index < -0.39 is 4.92 Å². The molecule has 0 radical (unpaired) electrons. The largest absolute Gasteiger partial charge is 0.462 e. The Morgan fingerprint density at radius 2 is 1.62 bits per heavy atom. The summed E-state index contributed by atoms with van der Waals surface area (Å²) in [5.74, 6) is 2.33. The van der Waals surface area contributed by atoms with Crippen molar-refractivity contribution in [1.82, 2.24) is 0 Å². The maximum absolute atomic E-state index is 12.1. The Morgan fingerprint density at radius 3 is 2.12 bits per heavy atom. The highest BCUT2D eigenvalue weighted by Crippen LogP contribution is 2.61. The van der Waals surface area contributed by atoms with Gasteiger partial charge in [0.2, 0.25) is 0 Å². The van der Waals surface area contributed by atoms with Crippen LogP contribution in [0.3, 0.4) is 0 Å². The number of carbonyl (C=O) groups excluding carboxylic acids is 1. The van der Waals surface area contributed by atoms with E-state index in [-0.39, 0.29) is 11.7 Å². The summed E-state index contributed by atoms with van der Waals surface area (Å²) in [6.07, 6.45) is 9.16. The van der Waals surface area contributed by atoms with Crippen LogP contribution >= 0.6 is 0 Å². The fourth-order valence-corrected chi connectivity index (χ4v) is 5.76. The Labute approximate surface area is 141 Å². The highest BCUT2D eigenvalue weighted by atomic mass is 16.6. The number of nitrogens with zero attached hydrogens (tertiary/aromatic N) is 1. The molecule has 0 N–H and O–H groups in total. The molecule has 5 heteroatoms. The van der Waals surface area contributed by atoms with Gasteiger partial charge in [-0.2, -0.15) is 0 Å². The van der Waals surface area contributed by atoms with Crippen molar-refractivity contribution in [3.05, 3.63) is 39.9 Å². The summed E-state index contributed by atoms with van der Waals surface area (Å²) in [5, 5.41) is 10.6. The van der Waals surface area contributed by atoms with Gasteiger partial charge in [-0.15, -0.1) is 0 Å². The predicted octanol–water partition coefficient (Wildman–Crippen LogP) is 4.36. The molecule has 0 aliphatic heterocycles. The number of hydrogen-bond donors (Lipinski definition) is 0. The van der Waals surface area contributed by atoms with E-state index in [1.807, 2.05) is 0 Å². The van der Waals surface area contributed by atoms with Gasteiger partial charge in [-0.3, -0.25) is 10.1 Å². The van der Waals surface area contributed by atoms with Crippen molar-refractivity contribution in [2.45, 2.75) is 44.9 Å². The fraction of sp³-hybridized carbons (Fsp3) is 0.632. The Morgan fingerprint density at radius 1 is 1.08 bits per heavy atom. The van der Waals surface area contributed by atoms with Crippen LogP contribution in [0.2, 0.25) is 0 Å². The first kappa shape index (κ1) is 15.6. The third-order valence-corrected chi connectivity index (χ3v) is 6.34. The normalized spacial score (nSPS) is 33.4. The van der Waals surface area contributed by atoms with Gasteiger partial charge in [0.05, 0.1) is 17.1 Å². The van der Waals surface area contributed by atoms with Crippen LogP contribution in [0, 0.1) is 33.3 Å². The molecule has 4 bridgehead atoms. The quantitative estimate of drug-likeness (QED) is 0.457. The van der Waals surface area contributed by atoms with Gasteiger partial charge in [0, 0.05) is 12.1 Å². The lowest BCUT2D eigenvalue weighted by molar-refractivity contribution is -0.384. The maximum Gasteiger partial charge on any atom is 0.338 e. The van der Waals surface area contributed by atoms with Gasteiger partial charge in [0.1, 0.15) is 0 Å². The molecule has 128 valence electrons. The van der Waals surface area contributed by atoms with Gasteiger partial charge >= 0.3 is 5.97 Å². The van der Waals surface area contributed by atoms with Gasteiger partial charge < -0.3 is 4.74 Å². The third kappa shape index (κ3) is 2.92. The van der Waals surface area contributed by atoms with E-state index in [0.29, 0.717) is 17.6 Å². The second kappa shape index (κ2) is 5.87. The molecule has 0 amide bonds. The van der Waals surface area contributed by atoms with Crippen molar-refractivity contribution in [2.75, 3.05) is 6.61 Å². The molecule has 0 aromatic heterocycles. The Kier molecular flexibility index (Phi) is 3.82. The second-order valence-corrected chi connectivity index (χ2v) is 8.11. The molecule has 1 aromatic rings. The fourth-order valence-electron chi connectivity index (χ4n) is 5.76. The summed E-state index contributed by atoms with van der Waals surface area (Å²) in [4.78, 5) is 22.3. The number of rotatable bonds is 5. The van der Waals surface area contributed by atoms with Crippen molar-refractivity contribution >= 4 is 11.7 Å². The van der Waals surface area contributed by atoms with Crippen LogP contribution in [0.5, 0.6) is 0 Å². The SMILES string of the molecule is O=C(OCCC12CC3CC(CC(C3)C1)C2)c1ccc([N+](=O)[O-])cc1. The molecular formula is C19H23NO4. The van der Waals surface area contributed by atoms with Gasteiger partial charge in [-0.05, 0) is 80.2 Å². The highest BCUT2D eigenvalue weighted by molar-refractivity contribution is 5.89. The van der Waals surface area contributed by atoms with Crippen molar-refractivity contribution in [3.63, 3.8) is 0 Å². The van der Waals surface area contributed by atoms with Crippen LogP contribution < -0.4 is 0 Å². The first-order chi connectivity index (χ1) is 11.5. The molecule has 4 aliphatic rings. The van der Waals surface area contributed by atoms with E-state index in [9.17, 15) is 14.9 Å². The summed E-state index contributed by atoms with van der Waals surface area (Å²) in [6.45, 7) is 0.460. The topological polar surface area (TPSA) is 69.4 Å². The van der Waals surface area contributed by atoms with Crippen LogP contribution in [0.15, 0.2) is 24.3 Å². The maximum atomic E-state index is 12.1. The van der Waals surface area contributed by atoms with Crippen molar-refractivity contribution in [2.24, 2.45) is 23.2 Å². The Balaban J connectivity index is 1.32. The van der Waals surface area contributed by atoms with E-state index in [4.69, 9.17) is 4.74 Å². The van der Waals surface area contributed by atoms with E-state index in [2.05, 4.69) is 0 Å². The molecule has 5 nitrogen and oxygen atoms in total. The van der Waals surface area contributed by atoms with Gasteiger partial charge in [-0.25, -0.2) is 4.79 Å². The lowest BCUT2D eigenvalue weighted by Crippen LogP contribution is -2.46. The molecule has 0 unspecified atom stereocenters. The average Bonchev–Trinajstić information content (AvgIpc) is 2.53. The third-order valence-electron chi connectivity index (χ3n) is 6.34. The second-order valence-electron chi connectivity index (χ2n) is 8.11. The van der Waals surface area contributed by atoms with E-state index in [1.165, 1.54) is 62.8 Å². The van der Waals surface area contributed by atoms with Gasteiger partial charge in [-0.1, -0.05) is 0 Å². The lowest BCUT2D eigenvalue weighted by atomic mass is 9.49. The number of hydrogen-bond acceptors (Lipinski definition) is 4. The number of benzene rings is 1. The number of nitro benzene ring substituents is 1. The zero-order chi connectivity index (χ0) is 16.7. The molecule has 4 saturated carbocycles. The molecule has 1 aromatic carbocycles. The van der Waals surface area contributed by atoms with Crippen molar-refractivity contribution in [1.29, 1.82) is 0 Å². The average molecular weight is 329 g/mol. The minimum absolute atomic E-state index is 0.0138. The number of esters is 1. The summed E-state index contributed by atoms with van der Waals surface area (Å²) >= 11 is 0. The minimum Gasteiger partial charge on any atom is -0.462 e. The number of carbonyl (C=O) groups is 1. The van der Waals surface area contributed by atoms with Crippen molar-refractivity contribution < 1.29 is 14.5 Å². The summed E-state index contributed by atoms with van der Waals surface area (Å²) in [6, 6.07) is 5.61. The van der Waals surface area contributed by atoms with Crippen LogP contribution in [0.4, 0.5) is 5.69 Å². The van der Waals surface area contributed by atoms with Crippen molar-refractivity contribution in [3.8, 4) is 0 Å². The summed E-state index contributed by atoms with van der Waals surface area (Å²) < 4.78 is 5.46. The van der Waals surface area contributed by atoms with Gasteiger partial charge in [0.25, 0.3) is 5.69 Å². The van der Waals surface area contributed by atoms with Crippen LogP contribution in [-0.4, -0.2) is 17.5 Å². The Hall–Kier alpha value is -1.91. The molecule has 0 heterocycles. The zero-order valence-electron chi connectivity index (χ0n) is 13.8. The van der Waals surface area contributed by atoms with Crippen LogP contribution in [0.1, 0.15) is 55.3 Å². The molecule has 0 atom stereocenters. The summed E-state index contributed by atoms with van der Waals surface area (Å²) in [5.41, 5.74) is 0.774.